The first-order valence-corrected chi connectivity index (χ1v) is 10.8. The molecule has 6 heteroatoms. The molecule has 27 heavy (non-hydrogen) atoms. The molecule has 1 aliphatic carbocycles. The van der Waals surface area contributed by atoms with Gasteiger partial charge in [-0.05, 0) is 63.7 Å². The molecule has 3 aliphatic rings. The standard InChI is InChI=1S/C21H30ClFN4/c1-2-24-21(27-11-8-15(14-27)13-26-9-3-4-10-26)25-19-12-16(19)20-17(22)6-5-7-18(20)23/h5-7,15-16,19H,2-4,8-14H2,1H3,(H,24,25). The molecule has 4 rings (SSSR count). The average molecular weight is 393 g/mol. The Morgan fingerprint density at radius 2 is 2.11 bits per heavy atom. The molecule has 2 saturated heterocycles. The van der Waals surface area contributed by atoms with Crippen LogP contribution in [0.4, 0.5) is 4.39 Å². The predicted octanol–water partition coefficient (Wildman–Crippen LogP) is 3.72. The fourth-order valence-corrected chi connectivity index (χ4v) is 4.90. The molecule has 4 nitrogen and oxygen atoms in total. The minimum atomic E-state index is -0.197. The summed E-state index contributed by atoms with van der Waals surface area (Å²) < 4.78 is 14.2. The van der Waals surface area contributed by atoms with Crippen LogP contribution in [0.2, 0.25) is 5.02 Å². The van der Waals surface area contributed by atoms with Crippen molar-refractivity contribution in [2.75, 3.05) is 39.3 Å². The minimum absolute atomic E-state index is 0.142. The van der Waals surface area contributed by atoms with Crippen LogP contribution in [0.3, 0.4) is 0 Å². The van der Waals surface area contributed by atoms with Crippen molar-refractivity contribution >= 4 is 17.6 Å². The number of nitrogens with zero attached hydrogens (tertiary/aromatic N) is 3. The molecule has 148 valence electrons. The number of aliphatic imine (C=N–C) groups is 1. The third-order valence-corrected chi connectivity index (χ3v) is 6.41. The van der Waals surface area contributed by atoms with E-state index >= 15 is 0 Å². The summed E-state index contributed by atoms with van der Waals surface area (Å²) >= 11 is 6.24. The second-order valence-corrected chi connectivity index (χ2v) is 8.54. The van der Waals surface area contributed by atoms with Gasteiger partial charge in [-0.25, -0.2) is 4.39 Å². The second kappa shape index (κ2) is 8.36. The number of hydrogen-bond acceptors (Lipinski definition) is 2. The zero-order chi connectivity index (χ0) is 18.8. The SMILES string of the molecule is CCN=C(NC1CC1c1c(F)cccc1Cl)N1CCC(CN2CCCC2)C1. The van der Waals surface area contributed by atoms with Gasteiger partial charge >= 0.3 is 0 Å². The lowest BCUT2D eigenvalue weighted by Crippen LogP contribution is -2.42. The Bertz CT molecular complexity index is 669. The monoisotopic (exact) mass is 392 g/mol. The lowest BCUT2D eigenvalue weighted by atomic mass is 10.1. The van der Waals surface area contributed by atoms with Gasteiger partial charge in [-0.2, -0.15) is 0 Å². The van der Waals surface area contributed by atoms with Crippen LogP contribution in [0.15, 0.2) is 23.2 Å². The van der Waals surface area contributed by atoms with E-state index in [0.29, 0.717) is 10.6 Å². The van der Waals surface area contributed by atoms with Gasteiger partial charge in [0.15, 0.2) is 5.96 Å². The van der Waals surface area contributed by atoms with E-state index in [1.54, 1.807) is 12.1 Å². The van der Waals surface area contributed by atoms with Gasteiger partial charge in [0.2, 0.25) is 0 Å². The maximum Gasteiger partial charge on any atom is 0.194 e. The first-order valence-electron chi connectivity index (χ1n) is 10.4. The van der Waals surface area contributed by atoms with Gasteiger partial charge in [0.1, 0.15) is 5.82 Å². The van der Waals surface area contributed by atoms with Crippen LogP contribution < -0.4 is 5.32 Å². The number of rotatable bonds is 5. The van der Waals surface area contributed by atoms with Gasteiger partial charge in [-0.3, -0.25) is 4.99 Å². The molecule has 1 N–H and O–H groups in total. The second-order valence-electron chi connectivity index (χ2n) is 8.13. The van der Waals surface area contributed by atoms with Crippen molar-refractivity contribution in [1.29, 1.82) is 0 Å². The van der Waals surface area contributed by atoms with Crippen LogP contribution in [0.25, 0.3) is 0 Å². The Kier molecular flexibility index (Phi) is 5.88. The van der Waals surface area contributed by atoms with Crippen molar-refractivity contribution in [3.8, 4) is 0 Å². The molecule has 0 spiro atoms. The molecule has 2 heterocycles. The van der Waals surface area contributed by atoms with Gasteiger partial charge in [0.05, 0.1) is 0 Å². The summed E-state index contributed by atoms with van der Waals surface area (Å²) in [4.78, 5) is 9.71. The molecule has 3 fully saturated rings. The molecular weight excluding hydrogens is 363 g/mol. The van der Waals surface area contributed by atoms with Crippen molar-refractivity contribution in [2.24, 2.45) is 10.9 Å². The van der Waals surface area contributed by atoms with Crippen molar-refractivity contribution in [1.82, 2.24) is 15.1 Å². The van der Waals surface area contributed by atoms with E-state index in [9.17, 15) is 4.39 Å². The van der Waals surface area contributed by atoms with Crippen molar-refractivity contribution in [3.63, 3.8) is 0 Å². The molecule has 1 aromatic carbocycles. The van der Waals surface area contributed by atoms with Gasteiger partial charge in [-0.15, -0.1) is 0 Å². The van der Waals surface area contributed by atoms with E-state index in [-0.39, 0.29) is 17.8 Å². The minimum Gasteiger partial charge on any atom is -0.353 e. The zero-order valence-electron chi connectivity index (χ0n) is 16.1. The first kappa shape index (κ1) is 19.0. The Labute approximate surface area is 166 Å². The summed E-state index contributed by atoms with van der Waals surface area (Å²) in [5.74, 6) is 1.66. The van der Waals surface area contributed by atoms with E-state index in [0.717, 1.165) is 37.9 Å². The fourth-order valence-electron chi connectivity index (χ4n) is 4.60. The highest BCUT2D eigenvalue weighted by Gasteiger charge is 2.43. The Balaban J connectivity index is 1.35. The van der Waals surface area contributed by atoms with E-state index in [4.69, 9.17) is 16.6 Å². The van der Waals surface area contributed by atoms with Gasteiger partial charge < -0.3 is 15.1 Å². The van der Waals surface area contributed by atoms with Crippen LogP contribution in [-0.4, -0.2) is 61.1 Å². The van der Waals surface area contributed by atoms with Gasteiger partial charge in [0.25, 0.3) is 0 Å². The number of nitrogens with one attached hydrogen (secondary N) is 1. The summed E-state index contributed by atoms with van der Waals surface area (Å²) in [6.45, 7) is 8.69. The number of halogens is 2. The van der Waals surface area contributed by atoms with Crippen LogP contribution >= 0.6 is 11.6 Å². The number of guanidine groups is 1. The largest absolute Gasteiger partial charge is 0.353 e. The highest BCUT2D eigenvalue weighted by Crippen LogP contribution is 2.45. The van der Waals surface area contributed by atoms with Crippen LogP contribution in [-0.2, 0) is 0 Å². The average Bonchev–Trinajstić information content (AvgIpc) is 3.03. The third-order valence-electron chi connectivity index (χ3n) is 6.08. The Morgan fingerprint density at radius 1 is 1.30 bits per heavy atom. The Morgan fingerprint density at radius 3 is 2.85 bits per heavy atom. The molecule has 0 bridgehead atoms. The summed E-state index contributed by atoms with van der Waals surface area (Å²) in [6, 6.07) is 5.17. The maximum atomic E-state index is 14.2. The van der Waals surface area contributed by atoms with Crippen LogP contribution in [0.1, 0.15) is 44.1 Å². The molecule has 0 amide bonds. The van der Waals surface area contributed by atoms with Crippen molar-refractivity contribution < 1.29 is 4.39 Å². The smallest absolute Gasteiger partial charge is 0.194 e. The topological polar surface area (TPSA) is 30.9 Å². The molecule has 1 saturated carbocycles. The highest BCUT2D eigenvalue weighted by molar-refractivity contribution is 6.31. The zero-order valence-corrected chi connectivity index (χ0v) is 16.9. The molecule has 3 atom stereocenters. The number of benzene rings is 1. The van der Waals surface area contributed by atoms with Crippen molar-refractivity contribution in [3.05, 3.63) is 34.6 Å². The van der Waals surface area contributed by atoms with E-state index in [1.807, 2.05) is 0 Å². The molecule has 3 unspecified atom stereocenters. The van der Waals surface area contributed by atoms with E-state index in [2.05, 4.69) is 22.0 Å². The van der Waals surface area contributed by atoms with E-state index in [1.165, 1.54) is 45.0 Å². The normalized spacial score (nSPS) is 28.8. The molecular formula is C21H30ClFN4. The molecule has 1 aromatic rings. The van der Waals surface area contributed by atoms with Crippen LogP contribution in [0.5, 0.6) is 0 Å². The predicted molar refractivity (Wildman–Crippen MR) is 109 cm³/mol. The molecule has 0 aromatic heterocycles. The Hall–Kier alpha value is -1.33. The summed E-state index contributed by atoms with van der Waals surface area (Å²) in [7, 11) is 0. The summed E-state index contributed by atoms with van der Waals surface area (Å²) in [5, 5.41) is 4.12. The van der Waals surface area contributed by atoms with E-state index < -0.39 is 0 Å². The molecule has 0 radical (unpaired) electrons. The highest BCUT2D eigenvalue weighted by atomic mass is 35.5. The summed E-state index contributed by atoms with van der Waals surface area (Å²) in [5.41, 5.74) is 0.654. The summed E-state index contributed by atoms with van der Waals surface area (Å²) in [6.07, 6.45) is 4.84. The lowest BCUT2D eigenvalue weighted by Gasteiger charge is -2.24. The quantitative estimate of drug-likeness (QED) is 0.612. The van der Waals surface area contributed by atoms with Crippen molar-refractivity contribution in [2.45, 2.75) is 44.6 Å². The first-order chi connectivity index (χ1) is 13.2. The van der Waals surface area contributed by atoms with Crippen LogP contribution in [0, 0.1) is 11.7 Å². The number of hydrogen-bond donors (Lipinski definition) is 1. The fraction of sp³-hybridized carbons (Fsp3) is 0.667. The maximum absolute atomic E-state index is 14.2. The van der Waals surface area contributed by atoms with Gasteiger partial charge in [-0.1, -0.05) is 17.7 Å². The third kappa shape index (κ3) is 4.40. The number of likely N-dealkylation sites (tertiary alicyclic amines) is 2. The lowest BCUT2D eigenvalue weighted by molar-refractivity contribution is 0.281. The van der Waals surface area contributed by atoms with Gasteiger partial charge in [0, 0.05) is 48.7 Å². The molecule has 2 aliphatic heterocycles.